The van der Waals surface area contributed by atoms with Crippen LogP contribution in [-0.4, -0.2) is 22.4 Å². The fraction of sp³-hybridized carbons (Fsp3) is 0.333. The standard InChI is InChI=1S/C24H24N4O2S2/c1-14(2)15-6-8-16(9-7-15)21-17(12-25)23(27-18-4-3-5-19(29)22(18)21)32-13-20(30)28-24-26-10-11-31-24/h6-11,14,21,27H,3-5,13H2,1-2H3,(H,26,28,30)/t21-/m0/s1. The van der Waals surface area contributed by atoms with Crippen molar-refractivity contribution in [3.63, 3.8) is 0 Å². The van der Waals surface area contributed by atoms with Gasteiger partial charge in [0, 0.05) is 29.3 Å². The van der Waals surface area contributed by atoms with Crippen LogP contribution < -0.4 is 10.6 Å². The quantitative estimate of drug-likeness (QED) is 0.620. The van der Waals surface area contributed by atoms with Gasteiger partial charge in [-0.1, -0.05) is 49.9 Å². The number of carbonyl (C=O) groups is 2. The number of nitrogens with zero attached hydrogens (tertiary/aromatic N) is 2. The maximum atomic E-state index is 12.9. The normalized spacial score (nSPS) is 18.3. The van der Waals surface area contributed by atoms with Crippen molar-refractivity contribution >= 4 is 39.9 Å². The molecular formula is C24H24N4O2S2. The second-order valence-electron chi connectivity index (χ2n) is 8.08. The first kappa shape index (κ1) is 22.3. The van der Waals surface area contributed by atoms with Crippen LogP contribution in [0.25, 0.3) is 0 Å². The number of ketones is 1. The minimum atomic E-state index is -0.408. The molecule has 0 radical (unpaired) electrons. The molecule has 32 heavy (non-hydrogen) atoms. The van der Waals surface area contributed by atoms with E-state index >= 15 is 0 Å². The van der Waals surface area contributed by atoms with Crippen molar-refractivity contribution in [1.29, 1.82) is 5.26 Å². The number of anilines is 1. The SMILES string of the molecule is CC(C)c1ccc([C@H]2C(C#N)=C(SCC(=O)Nc3nccs3)NC3=C2C(=O)CCC3)cc1. The lowest BCUT2D eigenvalue weighted by Crippen LogP contribution is -2.31. The molecule has 1 aromatic heterocycles. The summed E-state index contributed by atoms with van der Waals surface area (Å²) in [4.78, 5) is 29.3. The Bertz CT molecular complexity index is 1130. The van der Waals surface area contributed by atoms with Gasteiger partial charge >= 0.3 is 0 Å². The third kappa shape index (κ3) is 4.64. The van der Waals surface area contributed by atoms with Gasteiger partial charge in [-0.3, -0.25) is 9.59 Å². The zero-order chi connectivity index (χ0) is 22.7. The van der Waals surface area contributed by atoms with E-state index in [9.17, 15) is 14.9 Å². The van der Waals surface area contributed by atoms with Gasteiger partial charge in [-0.05, 0) is 29.9 Å². The van der Waals surface area contributed by atoms with Gasteiger partial charge in [0.2, 0.25) is 5.91 Å². The number of hydrogen-bond acceptors (Lipinski definition) is 7. The topological polar surface area (TPSA) is 94.9 Å². The zero-order valence-electron chi connectivity index (χ0n) is 18.0. The summed E-state index contributed by atoms with van der Waals surface area (Å²) in [6.07, 6.45) is 3.68. The smallest absolute Gasteiger partial charge is 0.236 e. The van der Waals surface area contributed by atoms with Crippen LogP contribution in [0.15, 0.2) is 57.7 Å². The number of rotatable bonds is 6. The molecule has 2 aliphatic rings. The van der Waals surface area contributed by atoms with Crippen LogP contribution in [0.3, 0.4) is 0 Å². The maximum Gasteiger partial charge on any atom is 0.236 e. The van der Waals surface area contributed by atoms with Gasteiger partial charge in [-0.25, -0.2) is 4.98 Å². The average Bonchev–Trinajstić information content (AvgIpc) is 3.30. The van der Waals surface area contributed by atoms with Crippen molar-refractivity contribution in [2.45, 2.75) is 44.9 Å². The fourth-order valence-electron chi connectivity index (χ4n) is 4.02. The summed E-state index contributed by atoms with van der Waals surface area (Å²) >= 11 is 2.65. The second kappa shape index (κ2) is 9.72. The molecular weight excluding hydrogens is 440 g/mol. The lowest BCUT2D eigenvalue weighted by Gasteiger charge is -2.33. The van der Waals surface area contributed by atoms with Crippen molar-refractivity contribution in [1.82, 2.24) is 10.3 Å². The molecule has 2 heterocycles. The number of amides is 1. The number of hydrogen-bond donors (Lipinski definition) is 2. The molecule has 6 nitrogen and oxygen atoms in total. The number of aromatic nitrogens is 1. The molecule has 0 saturated carbocycles. The lowest BCUT2D eigenvalue weighted by molar-refractivity contribution is -0.116. The number of dihydropyridines is 1. The number of thiazole rings is 1. The third-order valence-corrected chi connectivity index (χ3v) is 7.33. The van der Waals surface area contributed by atoms with Crippen LogP contribution in [0.1, 0.15) is 56.1 Å². The van der Waals surface area contributed by atoms with E-state index < -0.39 is 5.92 Å². The molecule has 0 bridgehead atoms. The predicted molar refractivity (Wildman–Crippen MR) is 128 cm³/mol. The highest BCUT2D eigenvalue weighted by Crippen LogP contribution is 2.44. The Morgan fingerprint density at radius 3 is 2.78 bits per heavy atom. The molecule has 2 N–H and O–H groups in total. The number of nitriles is 1. The highest BCUT2D eigenvalue weighted by Gasteiger charge is 2.37. The summed E-state index contributed by atoms with van der Waals surface area (Å²) in [5.74, 6) is 0.0399. The Hall–Kier alpha value is -2.89. The first-order valence-corrected chi connectivity index (χ1v) is 12.4. The predicted octanol–water partition coefficient (Wildman–Crippen LogP) is 5.07. The minimum Gasteiger partial charge on any atom is -0.352 e. The number of nitrogens with one attached hydrogen (secondary N) is 2. The highest BCUT2D eigenvalue weighted by molar-refractivity contribution is 8.03. The van der Waals surface area contributed by atoms with E-state index in [1.54, 1.807) is 11.6 Å². The third-order valence-electron chi connectivity index (χ3n) is 5.63. The second-order valence-corrected chi connectivity index (χ2v) is 9.96. The van der Waals surface area contributed by atoms with Crippen molar-refractivity contribution in [3.05, 3.63) is 68.8 Å². The fourth-order valence-corrected chi connectivity index (χ4v) is 5.43. The Labute approximate surface area is 195 Å². The van der Waals surface area contributed by atoms with Gasteiger partial charge < -0.3 is 10.6 Å². The molecule has 4 rings (SSSR count). The van der Waals surface area contributed by atoms with Crippen molar-refractivity contribution < 1.29 is 9.59 Å². The van der Waals surface area contributed by atoms with E-state index in [0.29, 0.717) is 33.6 Å². The van der Waals surface area contributed by atoms with E-state index in [-0.39, 0.29) is 17.4 Å². The molecule has 0 spiro atoms. The molecule has 1 aliphatic heterocycles. The van der Waals surface area contributed by atoms with E-state index in [2.05, 4.69) is 47.7 Å². The Morgan fingerprint density at radius 1 is 1.34 bits per heavy atom. The number of Topliss-reactive ketones (excluding diaryl/α,β-unsaturated/α-hetero) is 1. The first-order valence-electron chi connectivity index (χ1n) is 10.6. The first-order chi connectivity index (χ1) is 15.5. The Kier molecular flexibility index (Phi) is 6.77. The molecule has 1 aliphatic carbocycles. The van der Waals surface area contributed by atoms with Crippen molar-refractivity contribution in [2.24, 2.45) is 0 Å². The van der Waals surface area contributed by atoms with Crippen molar-refractivity contribution in [2.75, 3.05) is 11.1 Å². The summed E-state index contributed by atoms with van der Waals surface area (Å²) in [6.45, 7) is 4.27. The molecule has 1 atom stereocenters. The van der Waals surface area contributed by atoms with Crippen LogP contribution in [0.5, 0.6) is 0 Å². The molecule has 1 aromatic carbocycles. The summed E-state index contributed by atoms with van der Waals surface area (Å²) in [5.41, 5.74) is 4.20. The van der Waals surface area contributed by atoms with Crippen molar-refractivity contribution in [3.8, 4) is 6.07 Å². The zero-order valence-corrected chi connectivity index (χ0v) is 19.6. The van der Waals surface area contributed by atoms with Gasteiger partial charge in [0.1, 0.15) is 0 Å². The number of carbonyl (C=O) groups excluding carboxylic acids is 2. The summed E-state index contributed by atoms with van der Waals surface area (Å²) in [5, 5.41) is 19.2. The van der Waals surface area contributed by atoms with E-state index in [0.717, 1.165) is 24.1 Å². The van der Waals surface area contributed by atoms with E-state index in [1.807, 2.05) is 12.1 Å². The van der Waals surface area contributed by atoms with Crippen LogP contribution >= 0.6 is 23.1 Å². The van der Waals surface area contributed by atoms with Gasteiger partial charge in [0.25, 0.3) is 0 Å². The van der Waals surface area contributed by atoms with E-state index in [1.165, 1.54) is 28.7 Å². The van der Waals surface area contributed by atoms with Gasteiger partial charge in [0.15, 0.2) is 10.9 Å². The molecule has 1 amide bonds. The highest BCUT2D eigenvalue weighted by atomic mass is 32.2. The van der Waals surface area contributed by atoms with E-state index in [4.69, 9.17) is 0 Å². The molecule has 2 aromatic rings. The number of allylic oxidation sites excluding steroid dienone is 3. The Balaban J connectivity index is 1.65. The number of benzene rings is 1. The van der Waals surface area contributed by atoms with Crippen LogP contribution in [0.2, 0.25) is 0 Å². The Morgan fingerprint density at radius 2 is 2.12 bits per heavy atom. The monoisotopic (exact) mass is 464 g/mol. The van der Waals surface area contributed by atoms with Gasteiger partial charge in [-0.15, -0.1) is 11.3 Å². The van der Waals surface area contributed by atoms with Gasteiger partial charge in [0.05, 0.1) is 28.3 Å². The largest absolute Gasteiger partial charge is 0.352 e. The van der Waals surface area contributed by atoms with Crippen LogP contribution in [0, 0.1) is 11.3 Å². The summed E-state index contributed by atoms with van der Waals surface area (Å²) in [7, 11) is 0. The van der Waals surface area contributed by atoms with Gasteiger partial charge in [-0.2, -0.15) is 5.26 Å². The minimum absolute atomic E-state index is 0.0926. The average molecular weight is 465 g/mol. The molecule has 0 saturated heterocycles. The number of thioether (sulfide) groups is 1. The summed E-state index contributed by atoms with van der Waals surface area (Å²) in [6, 6.07) is 10.5. The van der Waals surface area contributed by atoms with Crippen LogP contribution in [0.4, 0.5) is 5.13 Å². The summed E-state index contributed by atoms with van der Waals surface area (Å²) < 4.78 is 0. The maximum absolute atomic E-state index is 12.9. The molecule has 0 unspecified atom stereocenters. The molecule has 8 heteroatoms. The van der Waals surface area contributed by atoms with Crippen LogP contribution in [-0.2, 0) is 9.59 Å². The molecule has 164 valence electrons. The lowest BCUT2D eigenvalue weighted by atomic mass is 9.76. The molecule has 0 fully saturated rings.